The van der Waals surface area contributed by atoms with E-state index in [2.05, 4.69) is 6.92 Å². The molecule has 2 N–H and O–H groups in total. The van der Waals surface area contributed by atoms with Gasteiger partial charge < -0.3 is 14.8 Å². The fraction of sp³-hybridized carbons (Fsp3) is 0.680. The van der Waals surface area contributed by atoms with Crippen LogP contribution in [0.25, 0.3) is 0 Å². The van der Waals surface area contributed by atoms with E-state index in [1.807, 2.05) is 17.4 Å². The lowest BCUT2D eigenvalue weighted by Gasteiger charge is -2.56. The van der Waals surface area contributed by atoms with E-state index in [1.165, 1.54) is 43.4 Å². The summed E-state index contributed by atoms with van der Waals surface area (Å²) in [5.74, 6) is 3.12. The Morgan fingerprint density at radius 3 is 2.26 bits per heavy atom. The molecule has 6 rings (SSSR count). The van der Waals surface area contributed by atoms with Gasteiger partial charge in [0.2, 0.25) is 5.91 Å². The summed E-state index contributed by atoms with van der Waals surface area (Å²) in [6, 6.07) is 6.88. The Labute approximate surface area is 184 Å². The van der Waals surface area contributed by atoms with Gasteiger partial charge in [-0.1, -0.05) is 6.92 Å². The monoisotopic (exact) mass is 427 g/mol. The Bertz CT molecular complexity index is 786. The zero-order valence-corrected chi connectivity index (χ0v) is 18.6. The molecule has 4 saturated carbocycles. The molecule has 0 unspecified atom stereocenters. The van der Waals surface area contributed by atoms with Gasteiger partial charge in [0.05, 0.1) is 37.5 Å². The number of carbonyl (C=O) groups excluding carboxylic acids is 2. The predicted octanol–water partition coefficient (Wildman–Crippen LogP) is 2.66. The maximum atomic E-state index is 12.9. The number of imide groups is 1. The van der Waals surface area contributed by atoms with Gasteiger partial charge in [-0.2, -0.15) is 0 Å². The second kappa shape index (κ2) is 8.55. The van der Waals surface area contributed by atoms with Crippen LogP contribution in [0.5, 0.6) is 5.75 Å². The minimum Gasteiger partial charge on any atom is -0.494 e. The zero-order valence-electron chi connectivity index (χ0n) is 18.6. The molecule has 2 amide bonds. The van der Waals surface area contributed by atoms with Crippen LogP contribution in [-0.2, 0) is 14.3 Å². The number of amides is 2. The summed E-state index contributed by atoms with van der Waals surface area (Å²) in [5.41, 5.74) is 0.727. The molecule has 1 saturated heterocycles. The maximum Gasteiger partial charge on any atom is 0.292 e. The number of anilines is 1. The molecule has 168 valence electrons. The summed E-state index contributed by atoms with van der Waals surface area (Å²) in [7, 11) is 0. The standard InChI is InChI=1S/C25H34N2O4/c1-2-8-30-21-5-3-20(4-6-21)27-23(28)13-22(24(27)29)26-7-9-31-25-14-17-10-18(15-25)12-19(11-17)16-25/h3-6,17-19,22,26H,2,7-16H2,1H3/p+1/t17?,18?,19?,22-,25?/m1/s1. The molecular weight excluding hydrogens is 392 g/mol. The average Bonchev–Trinajstić information content (AvgIpc) is 3.02. The zero-order chi connectivity index (χ0) is 21.4. The lowest BCUT2D eigenvalue weighted by molar-refractivity contribution is -0.676. The van der Waals surface area contributed by atoms with Crippen molar-refractivity contribution < 1.29 is 24.4 Å². The molecule has 4 bridgehead atoms. The number of hydrogen-bond donors (Lipinski definition) is 1. The first-order valence-electron chi connectivity index (χ1n) is 12.1. The molecule has 6 nitrogen and oxygen atoms in total. The quantitative estimate of drug-likeness (QED) is 0.486. The lowest BCUT2D eigenvalue weighted by atomic mass is 9.54. The highest BCUT2D eigenvalue weighted by atomic mass is 16.5. The lowest BCUT2D eigenvalue weighted by Crippen LogP contribution is -2.92. The molecule has 5 fully saturated rings. The number of ether oxygens (including phenoxy) is 2. The number of nitrogens with zero attached hydrogens (tertiary/aromatic N) is 1. The van der Waals surface area contributed by atoms with Crippen molar-refractivity contribution in [2.45, 2.75) is 69.9 Å². The first-order chi connectivity index (χ1) is 15.0. The molecule has 31 heavy (non-hydrogen) atoms. The van der Waals surface area contributed by atoms with Crippen molar-refractivity contribution in [2.24, 2.45) is 17.8 Å². The molecule has 5 aliphatic rings. The van der Waals surface area contributed by atoms with Gasteiger partial charge in [-0.3, -0.25) is 9.59 Å². The summed E-state index contributed by atoms with van der Waals surface area (Å²) < 4.78 is 12.1. The molecule has 1 aliphatic heterocycles. The summed E-state index contributed by atoms with van der Waals surface area (Å²) in [4.78, 5) is 26.8. The largest absolute Gasteiger partial charge is 0.494 e. The second-order valence-corrected chi connectivity index (χ2v) is 10.2. The normalized spacial score (nSPS) is 34.0. The number of carbonyl (C=O) groups is 2. The van der Waals surface area contributed by atoms with E-state index in [0.717, 1.165) is 36.5 Å². The van der Waals surface area contributed by atoms with E-state index in [-0.39, 0.29) is 29.9 Å². The fourth-order valence-electron chi connectivity index (χ4n) is 6.77. The highest BCUT2D eigenvalue weighted by Gasteiger charge is 2.51. The van der Waals surface area contributed by atoms with E-state index < -0.39 is 0 Å². The van der Waals surface area contributed by atoms with Crippen LogP contribution >= 0.6 is 0 Å². The summed E-state index contributed by atoms with van der Waals surface area (Å²) in [5, 5.41) is 2.00. The van der Waals surface area contributed by atoms with Crippen molar-refractivity contribution in [2.75, 3.05) is 24.7 Å². The topological polar surface area (TPSA) is 72.4 Å². The Morgan fingerprint density at radius 1 is 1.00 bits per heavy atom. The van der Waals surface area contributed by atoms with Gasteiger partial charge >= 0.3 is 0 Å². The van der Waals surface area contributed by atoms with E-state index in [9.17, 15) is 9.59 Å². The van der Waals surface area contributed by atoms with Gasteiger partial charge in [0.1, 0.15) is 5.75 Å². The van der Waals surface area contributed by atoms with Gasteiger partial charge in [-0.05, 0) is 87.0 Å². The molecule has 1 aromatic rings. The summed E-state index contributed by atoms with van der Waals surface area (Å²) in [6.07, 6.45) is 9.11. The summed E-state index contributed by atoms with van der Waals surface area (Å²) in [6.45, 7) is 4.10. The van der Waals surface area contributed by atoms with E-state index in [0.29, 0.717) is 18.9 Å². The smallest absolute Gasteiger partial charge is 0.292 e. The van der Waals surface area contributed by atoms with Crippen LogP contribution in [-0.4, -0.2) is 43.2 Å². The predicted molar refractivity (Wildman–Crippen MR) is 117 cm³/mol. The van der Waals surface area contributed by atoms with Gasteiger partial charge in [0, 0.05) is 0 Å². The number of quaternary nitrogens is 1. The molecule has 0 spiro atoms. The Hall–Kier alpha value is -1.92. The van der Waals surface area contributed by atoms with Crippen LogP contribution in [0, 0.1) is 17.8 Å². The minimum atomic E-state index is -0.344. The maximum absolute atomic E-state index is 12.9. The molecule has 1 atom stereocenters. The fourth-order valence-corrected chi connectivity index (χ4v) is 6.77. The Morgan fingerprint density at radius 2 is 1.65 bits per heavy atom. The van der Waals surface area contributed by atoms with Gasteiger partial charge in [0.25, 0.3) is 5.91 Å². The van der Waals surface area contributed by atoms with Crippen molar-refractivity contribution >= 4 is 17.5 Å². The Kier molecular flexibility index (Phi) is 5.78. The Balaban J connectivity index is 1.12. The van der Waals surface area contributed by atoms with E-state index in [1.54, 1.807) is 12.1 Å². The third-order valence-corrected chi connectivity index (χ3v) is 7.71. The van der Waals surface area contributed by atoms with Gasteiger partial charge in [0.15, 0.2) is 6.04 Å². The van der Waals surface area contributed by atoms with Crippen LogP contribution in [0.4, 0.5) is 5.69 Å². The molecule has 1 aromatic carbocycles. The van der Waals surface area contributed by atoms with Gasteiger partial charge in [-0.15, -0.1) is 0 Å². The van der Waals surface area contributed by atoms with Crippen molar-refractivity contribution in [1.82, 2.24) is 0 Å². The van der Waals surface area contributed by atoms with Crippen LogP contribution in [0.3, 0.4) is 0 Å². The number of benzene rings is 1. The molecule has 1 heterocycles. The van der Waals surface area contributed by atoms with Crippen LogP contribution in [0.15, 0.2) is 24.3 Å². The molecular formula is C25H35N2O4+. The SMILES string of the molecule is CCCOc1ccc(N2C(=O)C[C@@H]([NH2+]CCOC34CC5CC(CC(C5)C3)C4)C2=O)cc1. The van der Waals surface area contributed by atoms with Crippen molar-refractivity contribution in [3.8, 4) is 5.75 Å². The van der Waals surface area contributed by atoms with Crippen LogP contribution in [0.1, 0.15) is 58.3 Å². The average molecular weight is 428 g/mol. The van der Waals surface area contributed by atoms with Crippen molar-refractivity contribution in [3.63, 3.8) is 0 Å². The third kappa shape index (κ3) is 4.24. The molecule has 4 aliphatic carbocycles. The number of rotatable bonds is 9. The molecule has 6 heteroatoms. The van der Waals surface area contributed by atoms with Crippen molar-refractivity contribution in [3.05, 3.63) is 24.3 Å². The number of hydrogen-bond acceptors (Lipinski definition) is 4. The highest BCUT2D eigenvalue weighted by molar-refractivity contribution is 6.21. The number of nitrogens with two attached hydrogens (primary N) is 1. The van der Waals surface area contributed by atoms with Crippen molar-refractivity contribution in [1.29, 1.82) is 0 Å². The third-order valence-electron chi connectivity index (χ3n) is 7.71. The molecule has 0 aromatic heterocycles. The first kappa shape index (κ1) is 21.0. The first-order valence-corrected chi connectivity index (χ1v) is 12.1. The van der Waals surface area contributed by atoms with Gasteiger partial charge in [-0.25, -0.2) is 4.90 Å². The van der Waals surface area contributed by atoms with E-state index >= 15 is 0 Å². The van der Waals surface area contributed by atoms with Crippen LogP contribution < -0.4 is 15.0 Å². The van der Waals surface area contributed by atoms with Crippen LogP contribution in [0.2, 0.25) is 0 Å². The summed E-state index contributed by atoms with van der Waals surface area (Å²) >= 11 is 0. The second-order valence-electron chi connectivity index (χ2n) is 10.2. The highest BCUT2D eigenvalue weighted by Crippen LogP contribution is 2.57. The minimum absolute atomic E-state index is 0.103. The van der Waals surface area contributed by atoms with E-state index in [4.69, 9.17) is 9.47 Å². The molecule has 0 radical (unpaired) electrons.